The van der Waals surface area contributed by atoms with E-state index in [-0.39, 0.29) is 0 Å². The molecule has 0 aliphatic rings. The fourth-order valence-electron chi connectivity index (χ4n) is 2.24. The summed E-state index contributed by atoms with van der Waals surface area (Å²) in [7, 11) is 1.99. The molecule has 0 bridgehead atoms. The highest BCUT2D eigenvalue weighted by Crippen LogP contribution is 2.29. The van der Waals surface area contributed by atoms with Crippen molar-refractivity contribution in [2.45, 2.75) is 32.9 Å². The molecule has 1 unspecified atom stereocenters. The second kappa shape index (κ2) is 5.11. The summed E-state index contributed by atoms with van der Waals surface area (Å²) in [6.07, 6.45) is 3.23. The molecule has 0 saturated carbocycles. The number of rotatable bonds is 4. The van der Waals surface area contributed by atoms with Crippen molar-refractivity contribution >= 4 is 22.5 Å². The number of aryl methyl sites for hydroxylation is 1. The SMILES string of the molecule is CCn1cc(CC(C)NC)c2c(Cl)cccc21. The summed E-state index contributed by atoms with van der Waals surface area (Å²) in [6.45, 7) is 5.32. The van der Waals surface area contributed by atoms with Gasteiger partial charge in [0.2, 0.25) is 0 Å². The van der Waals surface area contributed by atoms with Crippen molar-refractivity contribution in [2.75, 3.05) is 7.05 Å². The topological polar surface area (TPSA) is 17.0 Å². The molecule has 0 saturated heterocycles. The fourth-order valence-corrected chi connectivity index (χ4v) is 2.53. The van der Waals surface area contributed by atoms with Gasteiger partial charge in [0.25, 0.3) is 0 Å². The zero-order chi connectivity index (χ0) is 12.4. The minimum absolute atomic E-state index is 0.460. The molecule has 1 atom stereocenters. The quantitative estimate of drug-likeness (QED) is 0.879. The molecule has 2 nitrogen and oxygen atoms in total. The minimum Gasteiger partial charge on any atom is -0.347 e. The molecule has 0 fully saturated rings. The lowest BCUT2D eigenvalue weighted by Crippen LogP contribution is -2.23. The van der Waals surface area contributed by atoms with E-state index in [4.69, 9.17) is 11.6 Å². The maximum Gasteiger partial charge on any atom is 0.0502 e. The molecule has 0 spiro atoms. The number of nitrogens with zero attached hydrogens (tertiary/aromatic N) is 1. The number of likely N-dealkylation sites (N-methyl/N-ethyl adjacent to an activating group) is 1. The van der Waals surface area contributed by atoms with E-state index < -0.39 is 0 Å². The van der Waals surface area contributed by atoms with Gasteiger partial charge in [-0.3, -0.25) is 0 Å². The summed E-state index contributed by atoms with van der Waals surface area (Å²) >= 11 is 6.33. The Morgan fingerprint density at radius 1 is 1.41 bits per heavy atom. The number of halogens is 1. The zero-order valence-corrected chi connectivity index (χ0v) is 11.4. The highest BCUT2D eigenvalue weighted by atomic mass is 35.5. The average molecular weight is 251 g/mol. The van der Waals surface area contributed by atoms with E-state index in [0.29, 0.717) is 6.04 Å². The first kappa shape index (κ1) is 12.5. The van der Waals surface area contributed by atoms with Crippen LogP contribution in [0.15, 0.2) is 24.4 Å². The Bertz CT molecular complexity index is 516. The minimum atomic E-state index is 0.460. The van der Waals surface area contributed by atoms with Gasteiger partial charge in [0, 0.05) is 29.7 Å². The van der Waals surface area contributed by atoms with Crippen LogP contribution in [0.25, 0.3) is 10.9 Å². The summed E-state index contributed by atoms with van der Waals surface area (Å²) < 4.78 is 2.26. The number of hydrogen-bond acceptors (Lipinski definition) is 1. The van der Waals surface area contributed by atoms with E-state index >= 15 is 0 Å². The van der Waals surface area contributed by atoms with Crippen molar-refractivity contribution in [1.82, 2.24) is 9.88 Å². The van der Waals surface area contributed by atoms with Crippen LogP contribution in [-0.2, 0) is 13.0 Å². The van der Waals surface area contributed by atoms with E-state index in [0.717, 1.165) is 18.0 Å². The predicted octanol–water partition coefficient (Wildman–Crippen LogP) is 3.47. The molecule has 17 heavy (non-hydrogen) atoms. The number of benzene rings is 1. The van der Waals surface area contributed by atoms with Gasteiger partial charge in [-0.2, -0.15) is 0 Å². The van der Waals surface area contributed by atoms with E-state index in [1.807, 2.05) is 19.2 Å². The van der Waals surface area contributed by atoms with Gasteiger partial charge in [-0.25, -0.2) is 0 Å². The van der Waals surface area contributed by atoms with Crippen LogP contribution in [0.4, 0.5) is 0 Å². The second-order valence-corrected chi connectivity index (χ2v) is 4.88. The normalized spacial score (nSPS) is 13.2. The molecule has 0 amide bonds. The molecule has 3 heteroatoms. The Morgan fingerprint density at radius 2 is 2.18 bits per heavy atom. The average Bonchev–Trinajstić information content (AvgIpc) is 2.68. The van der Waals surface area contributed by atoms with Gasteiger partial charge in [-0.05, 0) is 45.0 Å². The van der Waals surface area contributed by atoms with Crippen molar-refractivity contribution in [3.05, 3.63) is 35.0 Å². The number of aromatic nitrogens is 1. The molecule has 1 aromatic carbocycles. The maximum atomic E-state index is 6.33. The Hall–Kier alpha value is -0.990. The van der Waals surface area contributed by atoms with Gasteiger partial charge in [-0.15, -0.1) is 0 Å². The first-order chi connectivity index (χ1) is 8.17. The van der Waals surface area contributed by atoms with Crippen LogP contribution in [0.2, 0.25) is 5.02 Å². The van der Waals surface area contributed by atoms with Crippen molar-refractivity contribution in [1.29, 1.82) is 0 Å². The largest absolute Gasteiger partial charge is 0.347 e. The Morgan fingerprint density at radius 3 is 2.82 bits per heavy atom. The monoisotopic (exact) mass is 250 g/mol. The molecule has 1 heterocycles. The highest BCUT2D eigenvalue weighted by molar-refractivity contribution is 6.35. The first-order valence-corrected chi connectivity index (χ1v) is 6.48. The predicted molar refractivity (Wildman–Crippen MR) is 74.8 cm³/mol. The van der Waals surface area contributed by atoms with Gasteiger partial charge in [-0.1, -0.05) is 17.7 Å². The van der Waals surface area contributed by atoms with Gasteiger partial charge >= 0.3 is 0 Å². The standard InChI is InChI=1S/C14H19ClN2/c1-4-17-9-11(8-10(2)16-3)14-12(15)6-5-7-13(14)17/h5-7,9-10,16H,4,8H2,1-3H3. The summed E-state index contributed by atoms with van der Waals surface area (Å²) in [6, 6.07) is 6.58. The Labute approximate surface area is 108 Å². The van der Waals surface area contributed by atoms with E-state index in [2.05, 4.69) is 36.0 Å². The Kier molecular flexibility index (Phi) is 3.75. The number of nitrogens with one attached hydrogen (secondary N) is 1. The molecule has 1 aromatic heterocycles. The number of fused-ring (bicyclic) bond motifs is 1. The van der Waals surface area contributed by atoms with Crippen LogP contribution in [0.3, 0.4) is 0 Å². The van der Waals surface area contributed by atoms with Crippen molar-refractivity contribution < 1.29 is 0 Å². The molecule has 92 valence electrons. The highest BCUT2D eigenvalue weighted by Gasteiger charge is 2.12. The third-order valence-corrected chi connectivity index (χ3v) is 3.61. The molecule has 0 radical (unpaired) electrons. The molecule has 0 aliphatic carbocycles. The molecule has 1 N–H and O–H groups in total. The van der Waals surface area contributed by atoms with Crippen molar-refractivity contribution in [3.63, 3.8) is 0 Å². The lowest BCUT2D eigenvalue weighted by atomic mass is 10.1. The summed E-state index contributed by atoms with van der Waals surface area (Å²) in [5.74, 6) is 0. The van der Waals surface area contributed by atoms with Crippen LogP contribution in [0.5, 0.6) is 0 Å². The third-order valence-electron chi connectivity index (χ3n) is 3.29. The summed E-state index contributed by atoms with van der Waals surface area (Å²) in [5, 5.41) is 5.33. The summed E-state index contributed by atoms with van der Waals surface area (Å²) in [4.78, 5) is 0. The van der Waals surface area contributed by atoms with E-state index in [1.54, 1.807) is 0 Å². The molecule has 2 rings (SSSR count). The Balaban J connectivity index is 2.55. The molecule has 2 aromatic rings. The smallest absolute Gasteiger partial charge is 0.0502 e. The zero-order valence-electron chi connectivity index (χ0n) is 10.6. The van der Waals surface area contributed by atoms with Crippen LogP contribution in [0.1, 0.15) is 19.4 Å². The van der Waals surface area contributed by atoms with Crippen LogP contribution < -0.4 is 5.32 Å². The fraction of sp³-hybridized carbons (Fsp3) is 0.429. The van der Waals surface area contributed by atoms with Crippen LogP contribution in [0, 0.1) is 0 Å². The summed E-state index contributed by atoms with van der Waals surface area (Å²) in [5.41, 5.74) is 2.56. The van der Waals surface area contributed by atoms with Gasteiger partial charge < -0.3 is 9.88 Å². The van der Waals surface area contributed by atoms with Gasteiger partial charge in [0.15, 0.2) is 0 Å². The molecular weight excluding hydrogens is 232 g/mol. The second-order valence-electron chi connectivity index (χ2n) is 4.47. The van der Waals surface area contributed by atoms with E-state index in [1.165, 1.54) is 16.5 Å². The van der Waals surface area contributed by atoms with Crippen LogP contribution in [-0.4, -0.2) is 17.7 Å². The van der Waals surface area contributed by atoms with Gasteiger partial charge in [0.05, 0.1) is 5.02 Å². The van der Waals surface area contributed by atoms with Gasteiger partial charge in [0.1, 0.15) is 0 Å². The maximum absolute atomic E-state index is 6.33. The number of hydrogen-bond donors (Lipinski definition) is 1. The third kappa shape index (κ3) is 2.33. The van der Waals surface area contributed by atoms with Crippen molar-refractivity contribution in [2.24, 2.45) is 0 Å². The van der Waals surface area contributed by atoms with Crippen molar-refractivity contribution in [3.8, 4) is 0 Å². The molecular formula is C14H19ClN2. The van der Waals surface area contributed by atoms with E-state index in [9.17, 15) is 0 Å². The first-order valence-electron chi connectivity index (χ1n) is 6.10. The lowest BCUT2D eigenvalue weighted by molar-refractivity contribution is 0.609. The molecule has 0 aliphatic heterocycles. The lowest BCUT2D eigenvalue weighted by Gasteiger charge is -2.08. The van der Waals surface area contributed by atoms with Crippen LogP contribution >= 0.6 is 11.6 Å².